The Morgan fingerprint density at radius 3 is 2.35 bits per heavy atom. The fourth-order valence-electron chi connectivity index (χ4n) is 1.71. The fraction of sp³-hybridized carbons (Fsp3) is 0.143. The highest BCUT2D eigenvalue weighted by atomic mass is 35.5. The molecule has 0 spiro atoms. The first-order valence-corrected chi connectivity index (χ1v) is 7.38. The van der Waals surface area contributed by atoms with E-state index in [1.54, 1.807) is 0 Å². The minimum atomic E-state index is -4.57. The Kier molecular flexibility index (Phi) is 5.16. The molecule has 23 heavy (non-hydrogen) atoms. The van der Waals surface area contributed by atoms with Crippen LogP contribution in [-0.2, 0) is 11.0 Å². The monoisotopic (exact) mass is 364 g/mol. The lowest BCUT2D eigenvalue weighted by molar-refractivity contribution is -0.137. The van der Waals surface area contributed by atoms with Crippen molar-refractivity contribution in [1.82, 2.24) is 4.98 Å². The van der Waals surface area contributed by atoms with Crippen LogP contribution in [0.15, 0.2) is 41.6 Å². The Labute approximate surface area is 137 Å². The molecule has 1 heterocycles. The van der Waals surface area contributed by atoms with E-state index < -0.39 is 28.7 Å². The molecule has 1 atom stereocenters. The summed E-state index contributed by atoms with van der Waals surface area (Å²) in [5.41, 5.74) is 4.69. The zero-order chi connectivity index (χ0) is 17.2. The minimum Gasteiger partial charge on any atom is -0.368 e. The molecule has 0 fully saturated rings. The van der Waals surface area contributed by atoms with Crippen LogP contribution in [0, 0.1) is 5.82 Å². The summed E-state index contributed by atoms with van der Waals surface area (Å²) in [5, 5.41) is -1.19. The highest BCUT2D eigenvalue weighted by Crippen LogP contribution is 2.39. The molecule has 2 rings (SSSR count). The number of halogens is 5. The van der Waals surface area contributed by atoms with Crippen LogP contribution in [0.2, 0.25) is 5.02 Å². The van der Waals surface area contributed by atoms with E-state index in [2.05, 4.69) is 4.98 Å². The third-order valence-corrected chi connectivity index (χ3v) is 4.48. The number of rotatable bonds is 4. The number of thioether (sulfide) groups is 1. The van der Waals surface area contributed by atoms with Crippen molar-refractivity contribution in [3.8, 4) is 0 Å². The number of nitrogens with zero attached hydrogens (tertiary/aromatic N) is 1. The van der Waals surface area contributed by atoms with Crippen molar-refractivity contribution in [1.29, 1.82) is 0 Å². The summed E-state index contributed by atoms with van der Waals surface area (Å²) < 4.78 is 50.7. The van der Waals surface area contributed by atoms with Crippen molar-refractivity contribution in [3.63, 3.8) is 0 Å². The number of carbonyl (C=O) groups is 1. The van der Waals surface area contributed by atoms with E-state index in [4.69, 9.17) is 17.3 Å². The van der Waals surface area contributed by atoms with Gasteiger partial charge in [-0.3, -0.25) is 4.79 Å². The maximum Gasteiger partial charge on any atom is 0.417 e. The van der Waals surface area contributed by atoms with Crippen LogP contribution in [0.3, 0.4) is 0 Å². The lowest BCUT2D eigenvalue weighted by atomic mass is 10.1. The molecular formula is C14H9ClF4N2OS. The van der Waals surface area contributed by atoms with Gasteiger partial charge in [0.15, 0.2) is 0 Å². The van der Waals surface area contributed by atoms with Crippen LogP contribution < -0.4 is 5.73 Å². The number of pyridine rings is 1. The van der Waals surface area contributed by atoms with Crippen LogP contribution in [0.4, 0.5) is 17.6 Å². The predicted octanol–water partition coefficient (Wildman–Crippen LogP) is 4.21. The van der Waals surface area contributed by atoms with Crippen LogP contribution in [0.5, 0.6) is 0 Å². The largest absolute Gasteiger partial charge is 0.417 e. The average Bonchev–Trinajstić information content (AvgIpc) is 2.46. The number of aromatic nitrogens is 1. The zero-order valence-electron chi connectivity index (χ0n) is 11.3. The normalized spacial score (nSPS) is 12.9. The van der Waals surface area contributed by atoms with E-state index in [0.717, 1.165) is 30.0 Å². The Morgan fingerprint density at radius 2 is 1.87 bits per heavy atom. The molecule has 2 aromatic rings. The van der Waals surface area contributed by atoms with Gasteiger partial charge in [0, 0.05) is 6.20 Å². The van der Waals surface area contributed by atoms with Crippen LogP contribution in [0.25, 0.3) is 0 Å². The van der Waals surface area contributed by atoms with E-state index in [1.807, 2.05) is 0 Å². The molecule has 9 heteroatoms. The highest BCUT2D eigenvalue weighted by molar-refractivity contribution is 8.00. The van der Waals surface area contributed by atoms with Crippen molar-refractivity contribution >= 4 is 29.3 Å². The maximum absolute atomic E-state index is 12.9. The van der Waals surface area contributed by atoms with E-state index >= 15 is 0 Å². The lowest BCUT2D eigenvalue weighted by Gasteiger charge is -2.14. The average molecular weight is 365 g/mol. The Bertz CT molecular complexity index is 722. The number of alkyl halides is 3. The first kappa shape index (κ1) is 17.6. The Balaban J connectivity index is 2.31. The summed E-state index contributed by atoms with van der Waals surface area (Å²) in [6.45, 7) is 0. The van der Waals surface area contributed by atoms with Gasteiger partial charge in [-0.15, -0.1) is 0 Å². The van der Waals surface area contributed by atoms with E-state index in [0.29, 0.717) is 11.8 Å². The van der Waals surface area contributed by atoms with Gasteiger partial charge in [0.1, 0.15) is 16.1 Å². The molecule has 0 saturated carbocycles. The summed E-state index contributed by atoms with van der Waals surface area (Å²) in [4.78, 5) is 15.2. The van der Waals surface area contributed by atoms with Gasteiger partial charge in [-0.05, 0) is 23.8 Å². The zero-order valence-corrected chi connectivity index (χ0v) is 12.8. The number of benzene rings is 1. The number of carbonyl (C=O) groups excluding carboxylic acids is 1. The summed E-state index contributed by atoms with van der Waals surface area (Å²) in [6.07, 6.45) is -3.95. The Morgan fingerprint density at radius 1 is 1.26 bits per heavy atom. The summed E-state index contributed by atoms with van der Waals surface area (Å²) in [6, 6.07) is 5.73. The van der Waals surface area contributed by atoms with Crippen LogP contribution >= 0.6 is 23.4 Å². The van der Waals surface area contributed by atoms with Gasteiger partial charge in [-0.2, -0.15) is 13.2 Å². The van der Waals surface area contributed by atoms with Gasteiger partial charge in [-0.25, -0.2) is 9.37 Å². The molecule has 3 nitrogen and oxygen atoms in total. The molecule has 0 saturated heterocycles. The molecule has 0 radical (unpaired) electrons. The van der Waals surface area contributed by atoms with Crippen molar-refractivity contribution in [2.45, 2.75) is 16.5 Å². The van der Waals surface area contributed by atoms with E-state index in [1.165, 1.54) is 12.1 Å². The fourth-order valence-corrected chi connectivity index (χ4v) is 2.92. The van der Waals surface area contributed by atoms with Gasteiger partial charge >= 0.3 is 6.18 Å². The molecule has 0 aliphatic heterocycles. The number of amides is 1. The molecule has 1 aromatic heterocycles. The topological polar surface area (TPSA) is 56.0 Å². The second kappa shape index (κ2) is 6.76. The third kappa shape index (κ3) is 4.35. The summed E-state index contributed by atoms with van der Waals surface area (Å²) in [5.74, 6) is -1.24. The standard InChI is InChI=1S/C14H9ClF4N2OS/c15-10-5-8(14(17,18)19)6-21-13(10)23-11(12(20)22)7-1-3-9(16)4-2-7/h1-6,11H,(H2,20,22). The third-order valence-electron chi connectivity index (χ3n) is 2.80. The molecular weight excluding hydrogens is 356 g/mol. The van der Waals surface area contributed by atoms with Gasteiger partial charge < -0.3 is 5.73 Å². The number of primary amides is 1. The molecule has 0 aliphatic rings. The van der Waals surface area contributed by atoms with Crippen molar-refractivity contribution in [3.05, 3.63) is 58.5 Å². The number of nitrogens with two attached hydrogens (primary N) is 1. The van der Waals surface area contributed by atoms with Gasteiger partial charge in [0.05, 0.1) is 10.6 Å². The SMILES string of the molecule is NC(=O)C(Sc1ncc(C(F)(F)F)cc1Cl)c1ccc(F)cc1. The molecule has 122 valence electrons. The number of hydrogen-bond donors (Lipinski definition) is 1. The predicted molar refractivity (Wildman–Crippen MR) is 78.4 cm³/mol. The van der Waals surface area contributed by atoms with Crippen molar-refractivity contribution in [2.75, 3.05) is 0 Å². The smallest absolute Gasteiger partial charge is 0.368 e. The molecule has 0 bridgehead atoms. The molecule has 2 N–H and O–H groups in total. The van der Waals surface area contributed by atoms with Crippen molar-refractivity contribution < 1.29 is 22.4 Å². The summed E-state index contributed by atoms with van der Waals surface area (Å²) >= 11 is 6.60. The second-order valence-electron chi connectivity index (χ2n) is 4.46. The molecule has 1 aromatic carbocycles. The first-order valence-electron chi connectivity index (χ1n) is 6.12. The lowest BCUT2D eigenvalue weighted by Crippen LogP contribution is -2.19. The van der Waals surface area contributed by atoms with Gasteiger partial charge in [-0.1, -0.05) is 35.5 Å². The highest BCUT2D eigenvalue weighted by Gasteiger charge is 2.32. The maximum atomic E-state index is 12.9. The van der Waals surface area contributed by atoms with Crippen LogP contribution in [0.1, 0.15) is 16.4 Å². The molecule has 1 amide bonds. The van der Waals surface area contributed by atoms with E-state index in [9.17, 15) is 22.4 Å². The molecule has 0 aliphatic carbocycles. The minimum absolute atomic E-state index is 0.0211. The van der Waals surface area contributed by atoms with Gasteiger partial charge in [0.25, 0.3) is 0 Å². The first-order chi connectivity index (χ1) is 10.7. The number of hydrogen-bond acceptors (Lipinski definition) is 3. The Hall–Kier alpha value is -1.80. The van der Waals surface area contributed by atoms with Crippen LogP contribution in [-0.4, -0.2) is 10.9 Å². The molecule has 1 unspecified atom stereocenters. The second-order valence-corrected chi connectivity index (χ2v) is 5.96. The van der Waals surface area contributed by atoms with Gasteiger partial charge in [0.2, 0.25) is 5.91 Å². The van der Waals surface area contributed by atoms with Crippen molar-refractivity contribution in [2.24, 2.45) is 5.73 Å². The quantitative estimate of drug-likeness (QED) is 0.653. The summed E-state index contributed by atoms with van der Waals surface area (Å²) in [7, 11) is 0. The van der Waals surface area contributed by atoms with E-state index in [-0.39, 0.29) is 10.0 Å².